The molecule has 5 rings (SSSR count). The van der Waals surface area contributed by atoms with Gasteiger partial charge in [0.15, 0.2) is 5.69 Å². The molecule has 1 aliphatic carbocycles. The van der Waals surface area contributed by atoms with Gasteiger partial charge in [0.2, 0.25) is 0 Å². The van der Waals surface area contributed by atoms with E-state index in [2.05, 4.69) is 16.5 Å². The predicted molar refractivity (Wildman–Crippen MR) is 155 cm³/mol. The standard InChI is InChI=1S/C32H40N4O4/c1-20-26(18-33-36(20)19-22-10-7-6-8-11-22)24-14-15-27(34-29(24)31(39)40-32(3,4)5)35-17-16-23-12-9-13-25(30(37)38)28(23)21(35)2/h9,12-15,18,21-22H,6-8,10-11,16-17,19H2,1-5H3,(H,37,38). The number of nitrogens with zero attached hydrogens (tertiary/aromatic N) is 4. The van der Waals surface area contributed by atoms with Crippen LogP contribution in [0.2, 0.25) is 0 Å². The van der Waals surface area contributed by atoms with Crippen LogP contribution in [0.5, 0.6) is 0 Å². The molecule has 40 heavy (non-hydrogen) atoms. The number of aromatic carboxylic acids is 1. The molecule has 212 valence electrons. The Morgan fingerprint density at radius 1 is 1.07 bits per heavy atom. The summed E-state index contributed by atoms with van der Waals surface area (Å²) in [5, 5.41) is 14.5. The third-order valence-electron chi connectivity index (χ3n) is 8.25. The van der Waals surface area contributed by atoms with E-state index < -0.39 is 17.5 Å². The first-order chi connectivity index (χ1) is 19.0. The summed E-state index contributed by atoms with van der Waals surface area (Å²) in [7, 11) is 0. The summed E-state index contributed by atoms with van der Waals surface area (Å²) in [4.78, 5) is 32.5. The summed E-state index contributed by atoms with van der Waals surface area (Å²) in [6.45, 7) is 11.1. The number of ether oxygens (including phenoxy) is 1. The zero-order valence-electron chi connectivity index (χ0n) is 24.2. The van der Waals surface area contributed by atoms with Crippen molar-refractivity contribution < 1.29 is 19.4 Å². The topological polar surface area (TPSA) is 97.6 Å². The molecule has 0 bridgehead atoms. The number of anilines is 1. The maximum Gasteiger partial charge on any atom is 0.358 e. The second kappa shape index (κ2) is 11.1. The van der Waals surface area contributed by atoms with Crippen LogP contribution in [-0.2, 0) is 17.7 Å². The Kier molecular flexibility index (Phi) is 7.71. The Hall–Kier alpha value is -3.68. The largest absolute Gasteiger partial charge is 0.478 e. The van der Waals surface area contributed by atoms with Crippen LogP contribution in [0.4, 0.5) is 5.82 Å². The summed E-state index contributed by atoms with van der Waals surface area (Å²) >= 11 is 0. The highest BCUT2D eigenvalue weighted by Gasteiger charge is 2.31. The summed E-state index contributed by atoms with van der Waals surface area (Å²) in [5.41, 5.74) is 4.29. The fraction of sp³-hybridized carbons (Fsp3) is 0.500. The molecule has 1 N–H and O–H groups in total. The maximum absolute atomic E-state index is 13.5. The third kappa shape index (κ3) is 5.62. The van der Waals surface area contributed by atoms with E-state index in [0.29, 0.717) is 35.8 Å². The van der Waals surface area contributed by atoms with E-state index in [4.69, 9.17) is 14.8 Å². The van der Waals surface area contributed by atoms with Gasteiger partial charge >= 0.3 is 11.9 Å². The summed E-state index contributed by atoms with van der Waals surface area (Å²) < 4.78 is 7.87. The lowest BCUT2D eigenvalue weighted by Gasteiger charge is -2.37. The number of aromatic nitrogens is 3. The number of carboxylic acids is 1. The Labute approximate surface area is 236 Å². The Morgan fingerprint density at radius 2 is 1.82 bits per heavy atom. The first-order valence-electron chi connectivity index (χ1n) is 14.4. The Balaban J connectivity index is 1.53. The number of hydrogen-bond donors (Lipinski definition) is 1. The van der Waals surface area contributed by atoms with E-state index in [9.17, 15) is 14.7 Å². The van der Waals surface area contributed by atoms with E-state index in [-0.39, 0.29) is 11.7 Å². The molecule has 8 heteroatoms. The van der Waals surface area contributed by atoms with Crippen molar-refractivity contribution in [3.8, 4) is 11.1 Å². The molecular formula is C32H40N4O4. The van der Waals surface area contributed by atoms with Gasteiger partial charge in [-0.3, -0.25) is 4.68 Å². The molecule has 2 aliphatic rings. The summed E-state index contributed by atoms with van der Waals surface area (Å²) in [5.74, 6) is -0.176. The van der Waals surface area contributed by atoms with Crippen LogP contribution in [-0.4, -0.2) is 44.0 Å². The number of carboxylic acid groups (broad SMARTS) is 1. The lowest BCUT2D eigenvalue weighted by molar-refractivity contribution is 0.00637. The first kappa shape index (κ1) is 27.9. The van der Waals surface area contributed by atoms with Crippen LogP contribution in [0.3, 0.4) is 0 Å². The molecule has 0 saturated heterocycles. The fourth-order valence-corrected chi connectivity index (χ4v) is 6.23. The molecule has 8 nitrogen and oxygen atoms in total. The van der Waals surface area contributed by atoms with Crippen LogP contribution in [0.25, 0.3) is 11.1 Å². The number of benzene rings is 1. The van der Waals surface area contributed by atoms with Gasteiger partial charge < -0.3 is 14.7 Å². The molecule has 0 amide bonds. The van der Waals surface area contributed by atoms with Crippen LogP contribution < -0.4 is 4.90 Å². The molecule has 1 saturated carbocycles. The van der Waals surface area contributed by atoms with Gasteiger partial charge in [0.1, 0.15) is 11.4 Å². The van der Waals surface area contributed by atoms with E-state index in [0.717, 1.165) is 28.9 Å². The average molecular weight is 545 g/mol. The number of hydrogen-bond acceptors (Lipinski definition) is 6. The van der Waals surface area contributed by atoms with Crippen molar-refractivity contribution in [3.63, 3.8) is 0 Å². The van der Waals surface area contributed by atoms with Gasteiger partial charge in [-0.1, -0.05) is 31.4 Å². The van der Waals surface area contributed by atoms with E-state index >= 15 is 0 Å². The lowest BCUT2D eigenvalue weighted by atomic mass is 9.89. The van der Waals surface area contributed by atoms with Crippen molar-refractivity contribution in [2.45, 2.75) is 91.3 Å². The smallest absolute Gasteiger partial charge is 0.358 e. The highest BCUT2D eigenvalue weighted by Crippen LogP contribution is 2.37. The molecule has 1 aromatic carbocycles. The monoisotopic (exact) mass is 544 g/mol. The molecular weight excluding hydrogens is 504 g/mol. The normalized spacial score (nSPS) is 17.9. The number of fused-ring (bicyclic) bond motifs is 1. The second-order valence-electron chi connectivity index (χ2n) is 12.2. The molecule has 1 fully saturated rings. The molecule has 3 heterocycles. The van der Waals surface area contributed by atoms with E-state index in [1.54, 1.807) is 12.1 Å². The lowest BCUT2D eigenvalue weighted by Crippen LogP contribution is -2.36. The Morgan fingerprint density at radius 3 is 2.52 bits per heavy atom. The van der Waals surface area contributed by atoms with Gasteiger partial charge in [-0.25, -0.2) is 14.6 Å². The SMILES string of the molecule is Cc1c(-c2ccc(N3CCc4cccc(C(=O)O)c4C3C)nc2C(=O)OC(C)(C)C)cnn1CC1CCCCC1. The Bertz CT molecular complexity index is 1410. The fourth-order valence-electron chi connectivity index (χ4n) is 6.23. The highest BCUT2D eigenvalue weighted by atomic mass is 16.6. The summed E-state index contributed by atoms with van der Waals surface area (Å²) in [6.07, 6.45) is 8.86. The second-order valence-corrected chi connectivity index (χ2v) is 12.2. The molecule has 0 radical (unpaired) electrons. The number of carbonyl (C=O) groups excluding carboxylic acids is 1. The van der Waals surface area contributed by atoms with Crippen molar-refractivity contribution in [3.05, 3.63) is 64.6 Å². The molecule has 0 spiro atoms. The number of esters is 1. The number of rotatable bonds is 6. The van der Waals surface area contributed by atoms with Gasteiger partial charge in [-0.2, -0.15) is 5.10 Å². The van der Waals surface area contributed by atoms with Crippen LogP contribution in [0.1, 0.15) is 104 Å². The van der Waals surface area contributed by atoms with Gasteiger partial charge in [-0.15, -0.1) is 0 Å². The molecule has 3 aromatic rings. The van der Waals surface area contributed by atoms with Crippen molar-refractivity contribution in [2.75, 3.05) is 11.4 Å². The van der Waals surface area contributed by atoms with Crippen molar-refractivity contribution in [2.24, 2.45) is 5.92 Å². The summed E-state index contributed by atoms with van der Waals surface area (Å²) in [6, 6.07) is 9.08. The highest BCUT2D eigenvalue weighted by molar-refractivity contribution is 5.96. The van der Waals surface area contributed by atoms with Crippen molar-refractivity contribution >= 4 is 17.8 Å². The molecule has 1 aliphatic heterocycles. The molecule has 1 unspecified atom stereocenters. The van der Waals surface area contributed by atoms with E-state index in [1.165, 1.54) is 32.1 Å². The van der Waals surface area contributed by atoms with Gasteiger partial charge in [0.25, 0.3) is 0 Å². The molecule has 1 atom stereocenters. The van der Waals surface area contributed by atoms with Gasteiger partial charge in [-0.05, 0) is 89.1 Å². The van der Waals surface area contributed by atoms with Gasteiger partial charge in [0, 0.05) is 29.9 Å². The molecule has 2 aromatic heterocycles. The quantitative estimate of drug-likeness (QED) is 0.349. The minimum Gasteiger partial charge on any atom is -0.478 e. The third-order valence-corrected chi connectivity index (χ3v) is 8.25. The number of pyridine rings is 1. The van der Waals surface area contributed by atoms with E-state index in [1.807, 2.05) is 52.1 Å². The number of carbonyl (C=O) groups is 2. The first-order valence-corrected chi connectivity index (χ1v) is 14.4. The zero-order chi connectivity index (χ0) is 28.6. The van der Waals surface area contributed by atoms with Crippen molar-refractivity contribution in [1.82, 2.24) is 14.8 Å². The van der Waals surface area contributed by atoms with Crippen LogP contribution in [0.15, 0.2) is 36.5 Å². The van der Waals surface area contributed by atoms with Gasteiger partial charge in [0.05, 0.1) is 17.8 Å². The minimum atomic E-state index is -0.941. The van der Waals surface area contributed by atoms with Crippen LogP contribution in [0, 0.1) is 12.8 Å². The van der Waals surface area contributed by atoms with Crippen molar-refractivity contribution in [1.29, 1.82) is 0 Å². The average Bonchev–Trinajstić information content (AvgIpc) is 3.27. The predicted octanol–water partition coefficient (Wildman–Crippen LogP) is 6.61. The minimum absolute atomic E-state index is 0.221. The maximum atomic E-state index is 13.5. The van der Waals surface area contributed by atoms with Crippen LogP contribution >= 0.6 is 0 Å². The zero-order valence-corrected chi connectivity index (χ0v) is 24.2.